The van der Waals surface area contributed by atoms with E-state index in [1.165, 1.54) is 0 Å². The average Bonchev–Trinajstić information content (AvgIpc) is 2.75. The molecule has 1 aliphatic rings. The summed E-state index contributed by atoms with van der Waals surface area (Å²) in [6, 6.07) is 23.4. The minimum atomic E-state index is -0.935. The Bertz CT molecular complexity index is 993. The lowest BCUT2D eigenvalue weighted by molar-refractivity contribution is 0.0570. The fraction of sp³-hybridized carbons (Fsp3) is 0.167. The van der Waals surface area contributed by atoms with Crippen molar-refractivity contribution in [2.45, 2.75) is 13.0 Å². The van der Waals surface area contributed by atoms with Gasteiger partial charge in [-0.1, -0.05) is 42.5 Å². The highest BCUT2D eigenvalue weighted by Crippen LogP contribution is 2.40. The van der Waals surface area contributed by atoms with Crippen molar-refractivity contribution in [1.82, 2.24) is 0 Å². The molecule has 0 amide bonds. The van der Waals surface area contributed by atoms with E-state index in [2.05, 4.69) is 0 Å². The number of carbonyl (C=O) groups excluding carboxylic acids is 2. The van der Waals surface area contributed by atoms with E-state index in [1.807, 2.05) is 43.3 Å². The molecule has 0 radical (unpaired) electrons. The van der Waals surface area contributed by atoms with Gasteiger partial charge in [-0.25, -0.2) is 0 Å². The quantitative estimate of drug-likeness (QED) is 0.472. The molecule has 0 spiro atoms. The van der Waals surface area contributed by atoms with Crippen molar-refractivity contribution in [2.24, 2.45) is 5.92 Å². The standard InChI is InChI=1S/C24H20O4/c1-2-27-18-14-12-16(13-15-18)22(25)21-23(26)19-10-6-7-11-20(19)28-24(21)17-8-4-3-5-9-17/h3-15,21,24H,2H2,1H3/t21-,24+/m1/s1. The van der Waals surface area contributed by atoms with E-state index in [0.717, 1.165) is 5.56 Å². The molecule has 3 aromatic carbocycles. The number of Topliss-reactive ketones (excluding diaryl/α,β-unsaturated/α-hetero) is 2. The Morgan fingerprint density at radius 3 is 2.32 bits per heavy atom. The Balaban J connectivity index is 1.74. The topological polar surface area (TPSA) is 52.6 Å². The summed E-state index contributed by atoms with van der Waals surface area (Å²) in [5, 5.41) is 0. The van der Waals surface area contributed by atoms with Gasteiger partial charge in [0.25, 0.3) is 0 Å². The maximum Gasteiger partial charge on any atom is 0.181 e. The van der Waals surface area contributed by atoms with Crippen LogP contribution in [0.4, 0.5) is 0 Å². The highest BCUT2D eigenvalue weighted by Gasteiger charge is 2.42. The van der Waals surface area contributed by atoms with E-state index in [9.17, 15) is 9.59 Å². The fourth-order valence-electron chi connectivity index (χ4n) is 3.50. The first-order valence-corrected chi connectivity index (χ1v) is 9.31. The van der Waals surface area contributed by atoms with Gasteiger partial charge in [0.1, 0.15) is 23.5 Å². The van der Waals surface area contributed by atoms with Gasteiger partial charge in [-0.2, -0.15) is 0 Å². The third kappa shape index (κ3) is 3.29. The van der Waals surface area contributed by atoms with E-state index in [4.69, 9.17) is 9.47 Å². The van der Waals surface area contributed by atoms with Crippen LogP contribution in [-0.2, 0) is 0 Å². The van der Waals surface area contributed by atoms with Gasteiger partial charge in [-0.15, -0.1) is 0 Å². The number of fused-ring (bicyclic) bond motifs is 1. The summed E-state index contributed by atoms with van der Waals surface area (Å²) < 4.78 is 11.6. The molecule has 0 saturated heterocycles. The molecule has 0 bridgehead atoms. The summed E-state index contributed by atoms with van der Waals surface area (Å²) in [5.74, 6) is -0.200. The van der Waals surface area contributed by atoms with Crippen molar-refractivity contribution in [3.8, 4) is 11.5 Å². The Morgan fingerprint density at radius 1 is 0.929 bits per heavy atom. The number of hydrogen-bond acceptors (Lipinski definition) is 4. The van der Waals surface area contributed by atoms with Crippen LogP contribution < -0.4 is 9.47 Å². The molecular formula is C24H20O4. The Kier molecular flexibility index (Phi) is 4.94. The smallest absolute Gasteiger partial charge is 0.181 e. The van der Waals surface area contributed by atoms with Gasteiger partial charge in [-0.3, -0.25) is 9.59 Å². The molecule has 1 aliphatic heterocycles. The number of hydrogen-bond donors (Lipinski definition) is 0. The van der Waals surface area contributed by atoms with Crippen LogP contribution in [0.1, 0.15) is 39.3 Å². The zero-order valence-electron chi connectivity index (χ0n) is 15.5. The van der Waals surface area contributed by atoms with Crippen LogP contribution in [0.25, 0.3) is 0 Å². The molecule has 0 aromatic heterocycles. The Hall–Kier alpha value is -3.40. The zero-order chi connectivity index (χ0) is 19.5. The van der Waals surface area contributed by atoms with Crippen LogP contribution in [0.2, 0.25) is 0 Å². The molecule has 4 nitrogen and oxygen atoms in total. The minimum Gasteiger partial charge on any atom is -0.494 e. The summed E-state index contributed by atoms with van der Waals surface area (Å²) in [4.78, 5) is 26.6. The maximum atomic E-state index is 13.3. The summed E-state index contributed by atoms with van der Waals surface area (Å²) in [5.41, 5.74) is 1.71. The van der Waals surface area contributed by atoms with Crippen molar-refractivity contribution < 1.29 is 19.1 Å². The molecule has 0 fully saturated rings. The van der Waals surface area contributed by atoms with Crippen LogP contribution in [0.3, 0.4) is 0 Å². The van der Waals surface area contributed by atoms with Crippen molar-refractivity contribution in [3.05, 3.63) is 95.6 Å². The third-order valence-electron chi connectivity index (χ3n) is 4.85. The van der Waals surface area contributed by atoms with Gasteiger partial charge in [0.2, 0.25) is 0 Å². The van der Waals surface area contributed by atoms with Crippen LogP contribution in [0.15, 0.2) is 78.9 Å². The van der Waals surface area contributed by atoms with E-state index in [0.29, 0.717) is 29.2 Å². The zero-order valence-corrected chi connectivity index (χ0v) is 15.5. The highest BCUT2D eigenvalue weighted by molar-refractivity contribution is 6.18. The number of para-hydroxylation sites is 1. The molecule has 3 aromatic rings. The minimum absolute atomic E-state index is 0.213. The first-order valence-electron chi connectivity index (χ1n) is 9.31. The normalized spacial score (nSPS) is 18.1. The molecule has 1 heterocycles. The van der Waals surface area contributed by atoms with Crippen molar-refractivity contribution >= 4 is 11.6 Å². The summed E-state index contributed by atoms with van der Waals surface area (Å²) >= 11 is 0. The Morgan fingerprint density at radius 2 is 1.61 bits per heavy atom. The van der Waals surface area contributed by atoms with Crippen LogP contribution in [0, 0.1) is 5.92 Å². The number of carbonyl (C=O) groups is 2. The van der Waals surface area contributed by atoms with Crippen molar-refractivity contribution in [2.75, 3.05) is 6.61 Å². The second-order valence-electron chi connectivity index (χ2n) is 6.61. The van der Waals surface area contributed by atoms with Crippen LogP contribution in [0.5, 0.6) is 11.5 Å². The van der Waals surface area contributed by atoms with Crippen LogP contribution >= 0.6 is 0 Å². The monoisotopic (exact) mass is 372 g/mol. The number of ketones is 2. The van der Waals surface area contributed by atoms with Gasteiger partial charge in [-0.05, 0) is 48.9 Å². The number of benzene rings is 3. The van der Waals surface area contributed by atoms with Crippen molar-refractivity contribution in [3.63, 3.8) is 0 Å². The van der Waals surface area contributed by atoms with Gasteiger partial charge in [0, 0.05) is 5.56 Å². The first-order chi connectivity index (χ1) is 13.7. The van der Waals surface area contributed by atoms with E-state index in [1.54, 1.807) is 42.5 Å². The third-order valence-corrected chi connectivity index (χ3v) is 4.85. The predicted molar refractivity (Wildman–Crippen MR) is 106 cm³/mol. The SMILES string of the molecule is CCOc1ccc(C(=O)[C@@H]2C(=O)c3ccccc3O[C@H]2c2ccccc2)cc1. The lowest BCUT2D eigenvalue weighted by Crippen LogP contribution is -2.37. The summed E-state index contributed by atoms with van der Waals surface area (Å²) in [6.45, 7) is 2.45. The molecule has 2 atom stereocenters. The first kappa shape index (κ1) is 18.0. The van der Waals surface area contributed by atoms with Gasteiger partial charge in [0.05, 0.1) is 12.2 Å². The van der Waals surface area contributed by atoms with E-state index < -0.39 is 12.0 Å². The van der Waals surface area contributed by atoms with E-state index in [-0.39, 0.29) is 11.6 Å². The molecule has 0 saturated carbocycles. The second kappa shape index (κ2) is 7.69. The molecule has 0 aliphatic carbocycles. The average molecular weight is 372 g/mol. The maximum absolute atomic E-state index is 13.3. The highest BCUT2D eigenvalue weighted by atomic mass is 16.5. The molecule has 4 rings (SSSR count). The Labute approximate surface area is 163 Å². The van der Waals surface area contributed by atoms with Gasteiger partial charge in [0.15, 0.2) is 11.6 Å². The second-order valence-corrected chi connectivity index (χ2v) is 6.61. The molecular weight excluding hydrogens is 352 g/mol. The largest absolute Gasteiger partial charge is 0.494 e. The molecule has 0 unspecified atom stereocenters. The number of ether oxygens (including phenoxy) is 2. The number of rotatable bonds is 5. The van der Waals surface area contributed by atoms with Crippen LogP contribution in [-0.4, -0.2) is 18.2 Å². The van der Waals surface area contributed by atoms with Gasteiger partial charge < -0.3 is 9.47 Å². The molecule has 4 heteroatoms. The molecule has 140 valence electrons. The molecule has 0 N–H and O–H groups in total. The van der Waals surface area contributed by atoms with E-state index >= 15 is 0 Å². The molecule has 28 heavy (non-hydrogen) atoms. The fourth-order valence-corrected chi connectivity index (χ4v) is 3.50. The summed E-state index contributed by atoms with van der Waals surface area (Å²) in [6.07, 6.45) is -0.664. The lowest BCUT2D eigenvalue weighted by atomic mass is 9.81. The van der Waals surface area contributed by atoms with Crippen molar-refractivity contribution in [1.29, 1.82) is 0 Å². The van der Waals surface area contributed by atoms with Gasteiger partial charge >= 0.3 is 0 Å². The lowest BCUT2D eigenvalue weighted by Gasteiger charge is -2.32. The predicted octanol–water partition coefficient (Wildman–Crippen LogP) is 4.90. The summed E-state index contributed by atoms with van der Waals surface area (Å²) in [7, 11) is 0.